The molecule has 1 saturated heterocycles. The molecule has 1 amide bonds. The zero-order chi connectivity index (χ0) is 15.7. The van der Waals surface area contributed by atoms with Crippen LogP contribution in [0.4, 0.5) is 23.2 Å². The number of hydrogen-bond donors (Lipinski definition) is 2. The number of alkyl halides is 3. The molecule has 21 heavy (non-hydrogen) atoms. The Kier molecular flexibility index (Phi) is 4.22. The second-order valence-electron chi connectivity index (χ2n) is 5.36. The first-order chi connectivity index (χ1) is 9.72. The van der Waals surface area contributed by atoms with Gasteiger partial charge in [0.1, 0.15) is 5.82 Å². The highest BCUT2D eigenvalue weighted by molar-refractivity contribution is 5.98. The summed E-state index contributed by atoms with van der Waals surface area (Å²) in [5.41, 5.74) is -2.27. The number of carbonyl (C=O) groups is 1. The minimum absolute atomic E-state index is 0.0673. The molecule has 1 unspecified atom stereocenters. The van der Waals surface area contributed by atoms with Gasteiger partial charge in [-0.3, -0.25) is 4.79 Å². The molecular weight excluding hydrogens is 288 g/mol. The molecule has 1 atom stereocenters. The summed E-state index contributed by atoms with van der Waals surface area (Å²) in [6.45, 7) is 2.39. The van der Waals surface area contributed by atoms with Crippen molar-refractivity contribution < 1.29 is 22.4 Å². The number of anilines is 1. The Hall–Kier alpha value is -1.63. The molecule has 0 aliphatic carbocycles. The molecule has 0 aromatic heterocycles. The maximum Gasteiger partial charge on any atom is 0.419 e. The van der Waals surface area contributed by atoms with Gasteiger partial charge >= 0.3 is 6.18 Å². The number of hydrogen-bond acceptors (Lipinski definition) is 2. The highest BCUT2D eigenvalue weighted by Gasteiger charge is 2.36. The fraction of sp³-hybridized carbons (Fsp3) is 0.500. The Bertz CT molecular complexity index is 536. The standard InChI is InChI=1S/C14H16F4N2O/c1-13(6-2-3-7-19-13)12(21)20-9-4-5-11(15)10(8-9)14(16,17)18/h4-5,8,19H,2-3,6-7H2,1H3,(H,20,21). The van der Waals surface area contributed by atoms with Gasteiger partial charge in [-0.2, -0.15) is 13.2 Å². The zero-order valence-corrected chi connectivity index (χ0v) is 11.5. The van der Waals surface area contributed by atoms with Crippen molar-refractivity contribution in [3.8, 4) is 0 Å². The first-order valence-electron chi connectivity index (χ1n) is 6.66. The Morgan fingerprint density at radius 1 is 1.33 bits per heavy atom. The van der Waals surface area contributed by atoms with Gasteiger partial charge in [0, 0.05) is 5.69 Å². The molecule has 1 aromatic rings. The van der Waals surface area contributed by atoms with Gasteiger partial charge in [-0.25, -0.2) is 4.39 Å². The quantitative estimate of drug-likeness (QED) is 0.823. The van der Waals surface area contributed by atoms with Crippen molar-refractivity contribution in [3.05, 3.63) is 29.6 Å². The lowest BCUT2D eigenvalue weighted by molar-refractivity contribution is -0.140. The van der Waals surface area contributed by atoms with Crippen molar-refractivity contribution in [2.24, 2.45) is 0 Å². The Balaban J connectivity index is 2.18. The third-order valence-electron chi connectivity index (χ3n) is 3.65. The van der Waals surface area contributed by atoms with Crippen LogP contribution >= 0.6 is 0 Å². The summed E-state index contributed by atoms with van der Waals surface area (Å²) < 4.78 is 51.1. The Labute approximate surface area is 119 Å². The Morgan fingerprint density at radius 3 is 2.62 bits per heavy atom. The van der Waals surface area contributed by atoms with E-state index in [-0.39, 0.29) is 5.69 Å². The van der Waals surface area contributed by atoms with Gasteiger partial charge in [0.2, 0.25) is 5.91 Å². The highest BCUT2D eigenvalue weighted by atomic mass is 19.4. The van der Waals surface area contributed by atoms with Crippen LogP contribution in [0.2, 0.25) is 0 Å². The van der Waals surface area contributed by atoms with E-state index in [9.17, 15) is 22.4 Å². The number of piperidine rings is 1. The molecule has 1 heterocycles. The van der Waals surface area contributed by atoms with Crippen molar-refractivity contribution >= 4 is 11.6 Å². The lowest BCUT2D eigenvalue weighted by Crippen LogP contribution is -2.54. The van der Waals surface area contributed by atoms with Crippen LogP contribution in [-0.2, 0) is 11.0 Å². The molecule has 1 aliphatic rings. The van der Waals surface area contributed by atoms with Crippen LogP contribution in [0.1, 0.15) is 31.7 Å². The summed E-state index contributed by atoms with van der Waals surface area (Å²) in [6, 6.07) is 2.43. The average molecular weight is 304 g/mol. The molecule has 1 aliphatic heterocycles. The lowest BCUT2D eigenvalue weighted by Gasteiger charge is -2.33. The monoisotopic (exact) mass is 304 g/mol. The van der Waals surface area contributed by atoms with Gasteiger partial charge < -0.3 is 10.6 Å². The van der Waals surface area contributed by atoms with Crippen molar-refractivity contribution in [2.75, 3.05) is 11.9 Å². The third kappa shape index (κ3) is 3.53. The minimum atomic E-state index is -4.79. The smallest absolute Gasteiger partial charge is 0.324 e. The van der Waals surface area contributed by atoms with Gasteiger partial charge in [-0.05, 0) is 50.9 Å². The average Bonchev–Trinajstić information content (AvgIpc) is 2.40. The summed E-state index contributed by atoms with van der Waals surface area (Å²) in [4.78, 5) is 12.2. The fourth-order valence-electron chi connectivity index (χ4n) is 2.34. The lowest BCUT2D eigenvalue weighted by atomic mass is 9.90. The van der Waals surface area contributed by atoms with E-state index in [4.69, 9.17) is 0 Å². The summed E-state index contributed by atoms with van der Waals surface area (Å²) >= 11 is 0. The number of halogens is 4. The van der Waals surface area contributed by atoms with Gasteiger partial charge in [0.05, 0.1) is 11.1 Å². The molecule has 2 N–H and O–H groups in total. The van der Waals surface area contributed by atoms with Gasteiger partial charge in [-0.1, -0.05) is 0 Å². The molecule has 7 heteroatoms. The first kappa shape index (κ1) is 15.8. The van der Waals surface area contributed by atoms with E-state index in [0.717, 1.165) is 18.9 Å². The van der Waals surface area contributed by atoms with Crippen molar-refractivity contribution in [1.82, 2.24) is 5.32 Å². The number of rotatable bonds is 2. The van der Waals surface area contributed by atoms with Crippen molar-refractivity contribution in [3.63, 3.8) is 0 Å². The number of carbonyl (C=O) groups excluding carboxylic acids is 1. The van der Waals surface area contributed by atoms with E-state index in [1.807, 2.05) is 0 Å². The topological polar surface area (TPSA) is 41.1 Å². The second-order valence-corrected chi connectivity index (χ2v) is 5.36. The van der Waals surface area contributed by atoms with E-state index in [1.54, 1.807) is 6.92 Å². The highest BCUT2D eigenvalue weighted by Crippen LogP contribution is 2.33. The molecule has 0 saturated carbocycles. The van der Waals surface area contributed by atoms with Crippen LogP contribution in [0.15, 0.2) is 18.2 Å². The van der Waals surface area contributed by atoms with Crippen molar-refractivity contribution in [2.45, 2.75) is 37.9 Å². The molecule has 0 spiro atoms. The predicted molar refractivity (Wildman–Crippen MR) is 70.3 cm³/mol. The third-order valence-corrected chi connectivity index (χ3v) is 3.65. The van der Waals surface area contributed by atoms with Crippen LogP contribution in [0, 0.1) is 5.82 Å². The van der Waals surface area contributed by atoms with E-state index in [2.05, 4.69) is 10.6 Å². The van der Waals surface area contributed by atoms with Crippen LogP contribution in [0.5, 0.6) is 0 Å². The van der Waals surface area contributed by atoms with E-state index in [0.29, 0.717) is 25.1 Å². The van der Waals surface area contributed by atoms with Crippen LogP contribution < -0.4 is 10.6 Å². The normalized spacial score (nSPS) is 22.9. The maximum atomic E-state index is 13.2. The van der Waals surface area contributed by atoms with E-state index >= 15 is 0 Å². The summed E-state index contributed by atoms with van der Waals surface area (Å²) in [7, 11) is 0. The molecule has 1 aromatic carbocycles. The number of nitrogens with one attached hydrogen (secondary N) is 2. The number of amides is 1. The molecular formula is C14H16F4N2O. The van der Waals surface area contributed by atoms with E-state index < -0.39 is 29.0 Å². The molecule has 0 bridgehead atoms. The van der Waals surface area contributed by atoms with Gasteiger partial charge in [0.25, 0.3) is 0 Å². The summed E-state index contributed by atoms with van der Waals surface area (Å²) in [6.07, 6.45) is -2.37. The second kappa shape index (κ2) is 5.63. The summed E-state index contributed by atoms with van der Waals surface area (Å²) in [5.74, 6) is -1.77. The predicted octanol–water partition coefficient (Wildman–Crippen LogP) is 3.32. The first-order valence-corrected chi connectivity index (χ1v) is 6.66. The van der Waals surface area contributed by atoms with Crippen LogP contribution in [-0.4, -0.2) is 18.0 Å². The van der Waals surface area contributed by atoms with Gasteiger partial charge in [-0.15, -0.1) is 0 Å². The molecule has 0 radical (unpaired) electrons. The number of benzene rings is 1. The molecule has 2 rings (SSSR count). The zero-order valence-electron chi connectivity index (χ0n) is 11.5. The maximum absolute atomic E-state index is 13.2. The molecule has 3 nitrogen and oxygen atoms in total. The van der Waals surface area contributed by atoms with Crippen LogP contribution in [0.25, 0.3) is 0 Å². The largest absolute Gasteiger partial charge is 0.419 e. The minimum Gasteiger partial charge on any atom is -0.324 e. The van der Waals surface area contributed by atoms with E-state index in [1.165, 1.54) is 0 Å². The molecule has 1 fully saturated rings. The van der Waals surface area contributed by atoms with Gasteiger partial charge in [0.15, 0.2) is 0 Å². The SMILES string of the molecule is CC1(C(=O)Nc2ccc(F)c(C(F)(F)F)c2)CCCCN1. The van der Waals surface area contributed by atoms with Crippen molar-refractivity contribution in [1.29, 1.82) is 0 Å². The fourth-order valence-corrected chi connectivity index (χ4v) is 2.34. The van der Waals surface area contributed by atoms with Crippen LogP contribution in [0.3, 0.4) is 0 Å². The molecule has 116 valence electrons. The Morgan fingerprint density at radius 2 is 2.05 bits per heavy atom. The summed E-state index contributed by atoms with van der Waals surface area (Å²) in [5, 5.41) is 5.49.